The van der Waals surface area contributed by atoms with Gasteiger partial charge in [-0.3, -0.25) is 0 Å². The minimum atomic E-state index is -1.54. The molecule has 0 fully saturated rings. The van der Waals surface area contributed by atoms with Gasteiger partial charge in [0.25, 0.3) is 0 Å². The van der Waals surface area contributed by atoms with E-state index in [2.05, 4.69) is 53.9 Å². The fraction of sp³-hybridized carbons (Fsp3) is 0.636. The molecule has 0 amide bonds. The third-order valence-electron chi connectivity index (χ3n) is 2.70. The average Bonchev–Trinajstić information content (AvgIpc) is 2.31. The van der Waals surface area contributed by atoms with Crippen LogP contribution in [-0.4, -0.2) is 27.7 Å². The van der Waals surface area contributed by atoms with Crippen molar-refractivity contribution in [2.24, 2.45) is 0 Å². The van der Waals surface area contributed by atoms with Crippen LogP contribution in [0.4, 0.5) is 0 Å². The van der Waals surface area contributed by atoms with E-state index in [-0.39, 0.29) is 24.8 Å². The smallest absolute Gasteiger partial charge is 1.00 e. The molecule has 0 spiro atoms. The summed E-state index contributed by atoms with van der Waals surface area (Å²) in [5, 5.41) is 0. The largest absolute Gasteiger partial charge is 1.00 e. The molecule has 0 aliphatic heterocycles. The Balaban J connectivity index is 0. The molecule has 0 bridgehead atoms. The topological polar surface area (TPSA) is 0 Å². The van der Waals surface area contributed by atoms with Gasteiger partial charge >= 0.3 is 98.7 Å². The van der Waals surface area contributed by atoms with Crippen LogP contribution in [0.3, 0.4) is 0 Å². The van der Waals surface area contributed by atoms with Crippen molar-refractivity contribution < 1.29 is 38.2 Å². The quantitative estimate of drug-likeness (QED) is 0.361. The van der Waals surface area contributed by atoms with E-state index in [0.29, 0.717) is 0 Å². The van der Waals surface area contributed by atoms with E-state index in [1.165, 1.54) is 0 Å². The molecule has 0 saturated carbocycles. The van der Waals surface area contributed by atoms with Crippen LogP contribution >= 0.6 is 0 Å². The van der Waals surface area contributed by atoms with Crippen LogP contribution in [0, 0.1) is 0 Å². The first-order chi connectivity index (χ1) is 6.23. The van der Waals surface area contributed by atoms with Gasteiger partial charge in [-0.25, -0.2) is 0 Å². The molecule has 0 aromatic rings. The molecule has 0 radical (unpaired) electrons. The standard InChI is InChI=1S/C5H5.6CH3.2ClH.2Sn.Zr/c1-2-4-5-3-1;;;;;;;;;;;/h1-5H;6*1H3;2*1H;;;/q;;;;;;;;;;;+2/p-2. The normalized spacial score (nSPS) is 15.6. The van der Waals surface area contributed by atoms with Crippen LogP contribution in [0.25, 0.3) is 0 Å². The first-order valence-corrected chi connectivity index (χ1v) is 43.3. The molecule has 93 valence electrons. The Bertz CT molecular complexity index is 238. The molecule has 0 atom stereocenters. The molecule has 0 aromatic carbocycles. The minimum absolute atomic E-state index is 0. The molecular weight excluding hydrogens is 532 g/mol. The second-order valence-electron chi connectivity index (χ2n) is 6.21. The van der Waals surface area contributed by atoms with Crippen LogP contribution < -0.4 is 24.8 Å². The molecule has 0 saturated heterocycles. The summed E-state index contributed by atoms with van der Waals surface area (Å²) < 4.78 is 1.00. The maximum Gasteiger partial charge on any atom is -1.00 e. The molecule has 5 heteroatoms. The first-order valence-electron chi connectivity index (χ1n) is 5.46. The SMILES string of the molecule is [CH3][Sn]([CH3])([CH3])[Zr+2]([CH]1C=CC=C1)[Sn]([CH3])([CH3])[CH3].[Cl-].[Cl-]. The summed E-state index contributed by atoms with van der Waals surface area (Å²) in [6, 6.07) is 0. The fourth-order valence-electron chi connectivity index (χ4n) is 2.75. The van der Waals surface area contributed by atoms with Gasteiger partial charge in [0.1, 0.15) is 0 Å². The molecule has 0 heterocycles. The third kappa shape index (κ3) is 6.12. The van der Waals surface area contributed by atoms with E-state index >= 15 is 0 Å². The first kappa shape index (κ1) is 20.9. The maximum atomic E-state index is 2.70. The number of halogens is 2. The zero-order chi connectivity index (χ0) is 11.0. The number of hydrogen-bond donors (Lipinski definition) is 0. The second-order valence-corrected chi connectivity index (χ2v) is 127. The number of rotatable bonds is 3. The van der Waals surface area contributed by atoms with Gasteiger partial charge in [0.2, 0.25) is 0 Å². The van der Waals surface area contributed by atoms with E-state index in [4.69, 9.17) is 0 Å². The average molecular weight is 555 g/mol. The van der Waals surface area contributed by atoms with Gasteiger partial charge in [-0.2, -0.15) is 0 Å². The van der Waals surface area contributed by atoms with Crippen molar-refractivity contribution >= 4 is 27.7 Å². The summed E-state index contributed by atoms with van der Waals surface area (Å²) in [7, 11) is 0. The van der Waals surface area contributed by atoms with Crippen LogP contribution in [0.1, 0.15) is 0 Å². The van der Waals surface area contributed by atoms with Crippen molar-refractivity contribution in [2.45, 2.75) is 33.3 Å². The molecule has 0 unspecified atom stereocenters. The van der Waals surface area contributed by atoms with Gasteiger partial charge in [0, 0.05) is 0 Å². The van der Waals surface area contributed by atoms with Gasteiger partial charge < -0.3 is 24.8 Å². The van der Waals surface area contributed by atoms with Crippen LogP contribution in [0.5, 0.6) is 0 Å². The van der Waals surface area contributed by atoms with Crippen LogP contribution in [0.2, 0.25) is 33.3 Å². The van der Waals surface area contributed by atoms with E-state index < -0.39 is 41.1 Å². The predicted molar refractivity (Wildman–Crippen MR) is 68.7 cm³/mol. The summed E-state index contributed by atoms with van der Waals surface area (Å²) >= 11 is -4.14. The van der Waals surface area contributed by atoms with Crippen molar-refractivity contribution in [3.63, 3.8) is 0 Å². The summed E-state index contributed by atoms with van der Waals surface area (Å²) in [5.74, 6) is 0. The van der Waals surface area contributed by atoms with Gasteiger partial charge in [-0.15, -0.1) is 0 Å². The zero-order valence-electron chi connectivity index (χ0n) is 11.1. The monoisotopic (exact) mass is 555 g/mol. The Kier molecular flexibility index (Phi) is 10.4. The molecule has 1 aliphatic rings. The molecule has 0 aromatic heterocycles. The van der Waals surface area contributed by atoms with Gasteiger partial charge in [0.05, 0.1) is 0 Å². The maximum absolute atomic E-state index is 2.70. The summed E-state index contributed by atoms with van der Waals surface area (Å²) in [6.07, 6.45) is 9.64. The molecule has 16 heavy (non-hydrogen) atoms. The molecule has 0 nitrogen and oxygen atoms in total. The van der Waals surface area contributed by atoms with Gasteiger partial charge in [0.15, 0.2) is 0 Å². The van der Waals surface area contributed by atoms with E-state index in [1.54, 1.807) is 0 Å². The van der Waals surface area contributed by atoms with Crippen molar-refractivity contribution in [1.82, 2.24) is 0 Å². The van der Waals surface area contributed by atoms with Crippen LogP contribution in [0.15, 0.2) is 24.3 Å². The Morgan fingerprint density at radius 2 is 1.06 bits per heavy atom. The van der Waals surface area contributed by atoms with Crippen molar-refractivity contribution in [3.05, 3.63) is 24.3 Å². The van der Waals surface area contributed by atoms with E-state index in [1.807, 2.05) is 0 Å². The predicted octanol–water partition coefficient (Wildman–Crippen LogP) is -1.80. The number of hydrogen-bond acceptors (Lipinski definition) is 0. The Morgan fingerprint density at radius 1 is 0.750 bits per heavy atom. The Morgan fingerprint density at radius 3 is 1.31 bits per heavy atom. The van der Waals surface area contributed by atoms with Crippen molar-refractivity contribution in [3.8, 4) is 0 Å². The fourth-order valence-corrected chi connectivity index (χ4v) is 348. The Labute approximate surface area is 121 Å². The second kappa shape index (κ2) is 7.97. The van der Waals surface area contributed by atoms with Crippen molar-refractivity contribution in [1.29, 1.82) is 0 Å². The summed E-state index contributed by atoms with van der Waals surface area (Å²) in [5.41, 5.74) is 0. The summed E-state index contributed by atoms with van der Waals surface area (Å²) in [4.78, 5) is 16.2. The minimum Gasteiger partial charge on any atom is -1.00 e. The summed E-state index contributed by atoms with van der Waals surface area (Å²) in [6.45, 7) is 0. The van der Waals surface area contributed by atoms with E-state index in [0.717, 1.165) is 3.63 Å². The third-order valence-corrected chi connectivity index (χ3v) is 249. The molecule has 0 N–H and O–H groups in total. The van der Waals surface area contributed by atoms with Crippen LogP contribution in [-0.2, 0) is 13.4 Å². The van der Waals surface area contributed by atoms with Gasteiger partial charge in [-0.1, -0.05) is 0 Å². The van der Waals surface area contributed by atoms with Crippen molar-refractivity contribution in [2.75, 3.05) is 0 Å². The molecular formula is C11H23Cl2Sn2Zr. The Hall–Kier alpha value is 2.54. The van der Waals surface area contributed by atoms with E-state index in [9.17, 15) is 0 Å². The molecule has 1 rings (SSSR count). The zero-order valence-corrected chi connectivity index (χ0v) is 20.8. The van der Waals surface area contributed by atoms with Gasteiger partial charge in [-0.05, 0) is 0 Å². The number of allylic oxidation sites excluding steroid dienone is 4. The molecule has 1 aliphatic carbocycles.